The number of nitrogens with one attached hydrogen (secondary N) is 1. The summed E-state index contributed by atoms with van der Waals surface area (Å²) in [6.07, 6.45) is 2.13. The normalized spacial score (nSPS) is 12.8. The van der Waals surface area contributed by atoms with Gasteiger partial charge in [-0.25, -0.2) is 0 Å². The Morgan fingerprint density at radius 2 is 2.10 bits per heavy atom. The van der Waals surface area contributed by atoms with Crippen LogP contribution >= 0.6 is 11.3 Å². The van der Waals surface area contributed by atoms with Gasteiger partial charge in [0.15, 0.2) is 0 Å². The summed E-state index contributed by atoms with van der Waals surface area (Å²) in [6.45, 7) is 10.6. The number of aryl methyl sites for hydroxylation is 3. The SMILES string of the molecule is CCCNC(c1ccc(C)s1)c1cc(CC)nn1CC. The second kappa shape index (κ2) is 7.04. The average Bonchev–Trinajstić information content (AvgIpc) is 3.06. The van der Waals surface area contributed by atoms with Crippen LogP contribution in [0.5, 0.6) is 0 Å². The van der Waals surface area contributed by atoms with E-state index in [2.05, 4.69) is 61.0 Å². The highest BCUT2D eigenvalue weighted by atomic mass is 32.1. The summed E-state index contributed by atoms with van der Waals surface area (Å²) in [4.78, 5) is 2.75. The quantitative estimate of drug-likeness (QED) is 0.838. The van der Waals surface area contributed by atoms with Crippen molar-refractivity contribution in [3.8, 4) is 0 Å². The smallest absolute Gasteiger partial charge is 0.0842 e. The second-order valence-corrected chi connectivity index (χ2v) is 6.38. The van der Waals surface area contributed by atoms with E-state index in [9.17, 15) is 0 Å². The number of rotatable bonds is 7. The Bertz CT molecular complexity index is 542. The van der Waals surface area contributed by atoms with Gasteiger partial charge in [0, 0.05) is 16.3 Å². The van der Waals surface area contributed by atoms with Gasteiger partial charge < -0.3 is 5.32 Å². The lowest BCUT2D eigenvalue weighted by Gasteiger charge is -2.18. The Morgan fingerprint density at radius 3 is 2.65 bits per heavy atom. The molecule has 2 rings (SSSR count). The lowest BCUT2D eigenvalue weighted by atomic mass is 10.1. The molecule has 0 aliphatic carbocycles. The Labute approximate surface area is 126 Å². The van der Waals surface area contributed by atoms with Crippen molar-refractivity contribution >= 4 is 11.3 Å². The van der Waals surface area contributed by atoms with Crippen molar-refractivity contribution in [1.82, 2.24) is 15.1 Å². The molecule has 0 spiro atoms. The molecule has 4 heteroatoms. The van der Waals surface area contributed by atoms with E-state index >= 15 is 0 Å². The van der Waals surface area contributed by atoms with E-state index in [-0.39, 0.29) is 6.04 Å². The summed E-state index contributed by atoms with van der Waals surface area (Å²) in [5.74, 6) is 0. The van der Waals surface area contributed by atoms with Gasteiger partial charge in [-0.1, -0.05) is 13.8 Å². The summed E-state index contributed by atoms with van der Waals surface area (Å²) >= 11 is 1.87. The molecule has 0 aliphatic rings. The molecule has 0 fully saturated rings. The maximum absolute atomic E-state index is 4.69. The summed E-state index contributed by atoms with van der Waals surface area (Å²) in [5, 5.41) is 8.37. The standard InChI is InChI=1S/C16H25N3S/c1-5-10-17-16(15-9-8-12(4)20-15)14-11-13(6-2)18-19(14)7-3/h8-9,11,16-17H,5-7,10H2,1-4H3. The first-order valence-corrected chi connectivity index (χ1v) is 8.37. The topological polar surface area (TPSA) is 29.9 Å². The highest BCUT2D eigenvalue weighted by molar-refractivity contribution is 7.12. The lowest BCUT2D eigenvalue weighted by Crippen LogP contribution is -2.25. The third kappa shape index (κ3) is 3.30. The molecular formula is C16H25N3S. The fourth-order valence-corrected chi connectivity index (χ4v) is 3.36. The van der Waals surface area contributed by atoms with Crippen molar-refractivity contribution < 1.29 is 0 Å². The van der Waals surface area contributed by atoms with Crippen molar-refractivity contribution in [1.29, 1.82) is 0 Å². The first-order valence-electron chi connectivity index (χ1n) is 7.55. The van der Waals surface area contributed by atoms with Gasteiger partial charge in [0.05, 0.1) is 17.4 Å². The van der Waals surface area contributed by atoms with Crippen LogP contribution in [-0.2, 0) is 13.0 Å². The van der Waals surface area contributed by atoms with E-state index in [4.69, 9.17) is 0 Å². The van der Waals surface area contributed by atoms with Crippen LogP contribution in [0.15, 0.2) is 18.2 Å². The van der Waals surface area contributed by atoms with Crippen molar-refractivity contribution in [3.63, 3.8) is 0 Å². The lowest BCUT2D eigenvalue weighted by molar-refractivity contribution is 0.533. The molecular weight excluding hydrogens is 266 g/mol. The third-order valence-corrected chi connectivity index (χ3v) is 4.53. The highest BCUT2D eigenvalue weighted by Gasteiger charge is 2.20. The molecule has 20 heavy (non-hydrogen) atoms. The molecule has 0 aromatic carbocycles. The van der Waals surface area contributed by atoms with Gasteiger partial charge in [-0.15, -0.1) is 11.3 Å². The van der Waals surface area contributed by atoms with Crippen molar-refractivity contribution in [2.75, 3.05) is 6.54 Å². The molecule has 1 unspecified atom stereocenters. The number of thiophene rings is 1. The third-order valence-electron chi connectivity index (χ3n) is 3.46. The predicted octanol–water partition coefficient (Wildman–Crippen LogP) is 3.92. The molecule has 0 aliphatic heterocycles. The molecule has 2 heterocycles. The van der Waals surface area contributed by atoms with Crippen LogP contribution in [0.2, 0.25) is 0 Å². The fourth-order valence-electron chi connectivity index (χ4n) is 2.39. The van der Waals surface area contributed by atoms with Gasteiger partial charge in [0.1, 0.15) is 0 Å². The van der Waals surface area contributed by atoms with Crippen LogP contribution in [0.4, 0.5) is 0 Å². The monoisotopic (exact) mass is 291 g/mol. The largest absolute Gasteiger partial charge is 0.304 e. The molecule has 0 bridgehead atoms. The molecule has 1 N–H and O–H groups in total. The Hall–Kier alpha value is -1.13. The van der Waals surface area contributed by atoms with Gasteiger partial charge in [-0.3, -0.25) is 4.68 Å². The highest BCUT2D eigenvalue weighted by Crippen LogP contribution is 2.29. The Balaban J connectivity index is 2.37. The summed E-state index contributed by atoms with van der Waals surface area (Å²) in [7, 11) is 0. The van der Waals surface area contributed by atoms with E-state index in [0.717, 1.165) is 25.9 Å². The summed E-state index contributed by atoms with van der Waals surface area (Å²) in [5.41, 5.74) is 2.47. The van der Waals surface area contributed by atoms with Gasteiger partial charge >= 0.3 is 0 Å². The molecule has 0 saturated heterocycles. The minimum Gasteiger partial charge on any atom is -0.304 e. The zero-order valence-electron chi connectivity index (χ0n) is 12.9. The fraction of sp³-hybridized carbons (Fsp3) is 0.562. The van der Waals surface area contributed by atoms with Crippen LogP contribution in [0.25, 0.3) is 0 Å². The molecule has 0 amide bonds. The molecule has 2 aromatic rings. The van der Waals surface area contributed by atoms with Gasteiger partial charge in [-0.05, 0) is 51.4 Å². The zero-order chi connectivity index (χ0) is 14.5. The van der Waals surface area contributed by atoms with Crippen LogP contribution in [-0.4, -0.2) is 16.3 Å². The predicted molar refractivity (Wildman–Crippen MR) is 86.5 cm³/mol. The van der Waals surface area contributed by atoms with Crippen LogP contribution in [0.3, 0.4) is 0 Å². The van der Waals surface area contributed by atoms with Crippen LogP contribution in [0, 0.1) is 6.92 Å². The van der Waals surface area contributed by atoms with Crippen LogP contribution < -0.4 is 5.32 Å². The zero-order valence-corrected chi connectivity index (χ0v) is 13.8. The van der Waals surface area contributed by atoms with Crippen molar-refractivity contribution in [2.24, 2.45) is 0 Å². The first kappa shape index (κ1) is 15.3. The Kier molecular flexibility index (Phi) is 5.38. The van der Waals surface area contributed by atoms with E-state index in [1.165, 1.54) is 21.1 Å². The maximum Gasteiger partial charge on any atom is 0.0842 e. The minimum absolute atomic E-state index is 0.265. The average molecular weight is 291 g/mol. The molecule has 3 nitrogen and oxygen atoms in total. The molecule has 110 valence electrons. The van der Waals surface area contributed by atoms with E-state index in [1.807, 2.05) is 11.3 Å². The maximum atomic E-state index is 4.69. The molecule has 2 aromatic heterocycles. The molecule has 0 radical (unpaired) electrons. The number of hydrogen-bond acceptors (Lipinski definition) is 3. The van der Waals surface area contributed by atoms with Gasteiger partial charge in [-0.2, -0.15) is 5.10 Å². The van der Waals surface area contributed by atoms with E-state index in [0.29, 0.717) is 0 Å². The minimum atomic E-state index is 0.265. The van der Waals surface area contributed by atoms with E-state index in [1.54, 1.807) is 0 Å². The van der Waals surface area contributed by atoms with Crippen molar-refractivity contribution in [3.05, 3.63) is 39.3 Å². The number of nitrogens with zero attached hydrogens (tertiary/aromatic N) is 2. The summed E-state index contributed by atoms with van der Waals surface area (Å²) < 4.78 is 2.14. The summed E-state index contributed by atoms with van der Waals surface area (Å²) in [6, 6.07) is 6.97. The van der Waals surface area contributed by atoms with Crippen molar-refractivity contribution in [2.45, 2.75) is 53.1 Å². The van der Waals surface area contributed by atoms with Gasteiger partial charge in [0.25, 0.3) is 0 Å². The first-order chi connectivity index (χ1) is 9.69. The molecule has 0 saturated carbocycles. The number of aromatic nitrogens is 2. The van der Waals surface area contributed by atoms with E-state index < -0.39 is 0 Å². The molecule has 1 atom stereocenters. The van der Waals surface area contributed by atoms with Crippen LogP contribution in [0.1, 0.15) is 54.4 Å². The van der Waals surface area contributed by atoms with Gasteiger partial charge in [0.2, 0.25) is 0 Å². The Morgan fingerprint density at radius 1 is 1.30 bits per heavy atom. The number of hydrogen-bond donors (Lipinski definition) is 1. The second-order valence-electron chi connectivity index (χ2n) is 5.07.